The molecule has 90 valence electrons. The first kappa shape index (κ1) is 11.0. The molecule has 0 fully saturated rings. The largest absolute Gasteiger partial charge is 0.231 e. The zero-order valence-electron chi connectivity index (χ0n) is 8.68. The van der Waals surface area contributed by atoms with Gasteiger partial charge >= 0.3 is 0 Å². The molecule has 18 heavy (non-hydrogen) atoms. The van der Waals surface area contributed by atoms with Crippen LogP contribution in [0.3, 0.4) is 0 Å². The first-order valence-corrected chi connectivity index (χ1v) is 5.20. The lowest BCUT2D eigenvalue weighted by Crippen LogP contribution is -2.04. The van der Waals surface area contributed by atoms with Crippen molar-refractivity contribution in [3.05, 3.63) is 41.6 Å². The highest BCUT2D eigenvalue weighted by molar-refractivity contribution is 6.33. The third kappa shape index (κ3) is 1.60. The molecule has 0 N–H and O–H groups in total. The van der Waals surface area contributed by atoms with Crippen LogP contribution in [0.2, 0.25) is 5.15 Å². The first-order chi connectivity index (χ1) is 8.66. The second kappa shape index (κ2) is 3.95. The van der Waals surface area contributed by atoms with Crippen molar-refractivity contribution in [2.24, 2.45) is 0 Å². The Morgan fingerprint density at radius 1 is 1.11 bits per heavy atom. The van der Waals surface area contributed by atoms with Crippen molar-refractivity contribution in [2.75, 3.05) is 0 Å². The van der Waals surface area contributed by atoms with Gasteiger partial charge in [-0.1, -0.05) is 11.6 Å². The molecule has 0 radical (unpaired) electrons. The number of hydrogen-bond donors (Lipinski definition) is 0. The molecular weight excluding hydrogens is 264 g/mol. The van der Waals surface area contributed by atoms with E-state index in [2.05, 4.69) is 20.1 Å². The first-order valence-electron chi connectivity index (χ1n) is 4.82. The van der Waals surface area contributed by atoms with Gasteiger partial charge in [0.2, 0.25) is 0 Å². The minimum atomic E-state index is -0.838. The maximum absolute atomic E-state index is 13.6. The molecule has 0 atom stereocenters. The molecule has 8 heteroatoms. The molecular formula is C10H4ClF2N5. The van der Waals surface area contributed by atoms with Gasteiger partial charge in [-0.2, -0.15) is 9.78 Å². The van der Waals surface area contributed by atoms with Gasteiger partial charge in [0, 0.05) is 6.07 Å². The third-order valence-corrected chi connectivity index (χ3v) is 2.61. The number of halogens is 3. The molecule has 0 saturated heterocycles. The molecule has 3 aromatic heterocycles. The van der Waals surface area contributed by atoms with E-state index < -0.39 is 11.6 Å². The highest BCUT2D eigenvalue weighted by Crippen LogP contribution is 2.21. The second-order valence-corrected chi connectivity index (χ2v) is 3.78. The van der Waals surface area contributed by atoms with E-state index in [1.807, 2.05) is 0 Å². The van der Waals surface area contributed by atoms with E-state index in [9.17, 15) is 8.78 Å². The van der Waals surface area contributed by atoms with Gasteiger partial charge in [-0.25, -0.2) is 23.7 Å². The zero-order valence-corrected chi connectivity index (χ0v) is 9.44. The van der Waals surface area contributed by atoms with Crippen LogP contribution in [0.25, 0.3) is 16.9 Å². The van der Waals surface area contributed by atoms with Gasteiger partial charge in [0.1, 0.15) is 17.3 Å². The van der Waals surface area contributed by atoms with Crippen molar-refractivity contribution in [2.45, 2.75) is 0 Å². The highest BCUT2D eigenvalue weighted by atomic mass is 35.5. The fourth-order valence-corrected chi connectivity index (χ4v) is 1.71. The topological polar surface area (TPSA) is 56.5 Å². The summed E-state index contributed by atoms with van der Waals surface area (Å²) < 4.78 is 27.5. The quantitative estimate of drug-likeness (QED) is 0.634. The molecule has 0 saturated carbocycles. The van der Waals surface area contributed by atoms with E-state index in [4.69, 9.17) is 11.6 Å². The monoisotopic (exact) mass is 267 g/mol. The zero-order chi connectivity index (χ0) is 12.7. The molecule has 0 unspecified atom stereocenters. The average Bonchev–Trinajstić information content (AvgIpc) is 2.74. The van der Waals surface area contributed by atoms with Gasteiger partial charge < -0.3 is 0 Å². The number of fused-ring (bicyclic) bond motifs is 1. The Labute approximate surface area is 104 Å². The van der Waals surface area contributed by atoms with Crippen molar-refractivity contribution in [3.8, 4) is 5.82 Å². The van der Waals surface area contributed by atoms with Crippen LogP contribution in [0.15, 0.2) is 24.8 Å². The molecule has 0 spiro atoms. The van der Waals surface area contributed by atoms with E-state index in [-0.39, 0.29) is 11.0 Å². The van der Waals surface area contributed by atoms with Crippen LogP contribution in [-0.2, 0) is 0 Å². The molecule has 0 aliphatic heterocycles. The van der Waals surface area contributed by atoms with Gasteiger partial charge in [0.05, 0.1) is 17.8 Å². The number of rotatable bonds is 1. The summed E-state index contributed by atoms with van der Waals surface area (Å²) in [5, 5.41) is 4.59. The summed E-state index contributed by atoms with van der Waals surface area (Å²) in [5.74, 6) is -1.75. The lowest BCUT2D eigenvalue weighted by Gasteiger charge is -2.02. The van der Waals surface area contributed by atoms with Crippen molar-refractivity contribution in [1.29, 1.82) is 0 Å². The molecule has 5 nitrogen and oxygen atoms in total. The van der Waals surface area contributed by atoms with E-state index in [0.717, 1.165) is 16.9 Å². The Morgan fingerprint density at radius 3 is 2.72 bits per heavy atom. The Balaban J connectivity index is 2.29. The van der Waals surface area contributed by atoms with Crippen molar-refractivity contribution < 1.29 is 8.78 Å². The molecule has 0 aliphatic rings. The van der Waals surface area contributed by atoms with Gasteiger partial charge in [-0.05, 0) is 0 Å². The van der Waals surface area contributed by atoms with Crippen LogP contribution >= 0.6 is 11.6 Å². The molecule has 0 bridgehead atoms. The van der Waals surface area contributed by atoms with E-state index in [0.29, 0.717) is 11.0 Å². The number of hydrogen-bond acceptors (Lipinski definition) is 4. The Bertz CT molecular complexity index is 742. The fourth-order valence-electron chi connectivity index (χ4n) is 1.53. The SMILES string of the molecule is Fc1cnc(-n2ncc3c(Cl)ncnc32)c(F)c1. The fraction of sp³-hybridized carbons (Fsp3) is 0. The minimum Gasteiger partial charge on any atom is -0.231 e. The normalized spacial score (nSPS) is 11.1. The summed E-state index contributed by atoms with van der Waals surface area (Å²) in [6, 6.07) is 0.721. The molecule has 0 aliphatic carbocycles. The lowest BCUT2D eigenvalue weighted by atomic mass is 10.4. The van der Waals surface area contributed by atoms with Gasteiger partial charge in [0.25, 0.3) is 0 Å². The minimum absolute atomic E-state index is 0.152. The second-order valence-electron chi connectivity index (χ2n) is 3.42. The summed E-state index contributed by atoms with van der Waals surface area (Å²) in [5.41, 5.74) is 0.299. The molecule has 3 rings (SSSR count). The van der Waals surface area contributed by atoms with E-state index >= 15 is 0 Å². The standard InChI is InChI=1S/C10H4ClF2N5/c11-8-6-3-17-18(9(6)16-4-15-8)10-7(13)1-5(12)2-14-10/h1-4H. The maximum atomic E-state index is 13.6. The summed E-state index contributed by atoms with van der Waals surface area (Å²) in [6.45, 7) is 0. The Kier molecular flexibility index (Phi) is 2.41. The van der Waals surface area contributed by atoms with Crippen LogP contribution in [0.5, 0.6) is 0 Å². The third-order valence-electron chi connectivity index (χ3n) is 2.31. The van der Waals surface area contributed by atoms with Crippen LogP contribution < -0.4 is 0 Å². The van der Waals surface area contributed by atoms with E-state index in [1.165, 1.54) is 12.5 Å². The molecule has 3 heterocycles. The summed E-state index contributed by atoms with van der Waals surface area (Å²) in [6.07, 6.45) is 3.52. The van der Waals surface area contributed by atoms with Gasteiger partial charge in [0.15, 0.2) is 17.3 Å². The Hall–Kier alpha value is -2.15. The van der Waals surface area contributed by atoms with E-state index in [1.54, 1.807) is 0 Å². The maximum Gasteiger partial charge on any atom is 0.192 e. The van der Waals surface area contributed by atoms with Crippen molar-refractivity contribution in [3.63, 3.8) is 0 Å². The summed E-state index contributed by atoms with van der Waals surface area (Å²) in [4.78, 5) is 11.4. The van der Waals surface area contributed by atoms with Gasteiger partial charge in [-0.3, -0.25) is 0 Å². The molecule has 0 aromatic carbocycles. The van der Waals surface area contributed by atoms with Crippen LogP contribution in [0, 0.1) is 11.6 Å². The number of pyridine rings is 1. The van der Waals surface area contributed by atoms with Gasteiger partial charge in [-0.15, -0.1) is 0 Å². The summed E-state index contributed by atoms with van der Waals surface area (Å²) in [7, 11) is 0. The smallest absolute Gasteiger partial charge is 0.192 e. The van der Waals surface area contributed by atoms with Crippen LogP contribution in [0.4, 0.5) is 8.78 Å². The average molecular weight is 268 g/mol. The number of nitrogens with zero attached hydrogens (tertiary/aromatic N) is 5. The highest BCUT2D eigenvalue weighted by Gasteiger charge is 2.14. The van der Waals surface area contributed by atoms with Crippen LogP contribution in [0.1, 0.15) is 0 Å². The van der Waals surface area contributed by atoms with Crippen molar-refractivity contribution in [1.82, 2.24) is 24.7 Å². The van der Waals surface area contributed by atoms with Crippen LogP contribution in [-0.4, -0.2) is 24.7 Å². The predicted molar refractivity (Wildman–Crippen MR) is 59.4 cm³/mol. The Morgan fingerprint density at radius 2 is 1.94 bits per heavy atom. The predicted octanol–water partition coefficient (Wildman–Crippen LogP) is 2.14. The summed E-state index contributed by atoms with van der Waals surface area (Å²) >= 11 is 5.84. The number of aromatic nitrogens is 5. The lowest BCUT2D eigenvalue weighted by molar-refractivity contribution is 0.561. The molecule has 3 aromatic rings. The van der Waals surface area contributed by atoms with Crippen molar-refractivity contribution >= 4 is 22.6 Å². The molecule has 0 amide bonds.